The van der Waals surface area contributed by atoms with E-state index in [1.54, 1.807) is 42.5 Å². The van der Waals surface area contributed by atoms with Crippen molar-refractivity contribution >= 4 is 33.2 Å². The Morgan fingerprint density at radius 3 is 2.40 bits per heavy atom. The fourth-order valence-electron chi connectivity index (χ4n) is 3.57. The van der Waals surface area contributed by atoms with Crippen molar-refractivity contribution in [2.45, 2.75) is 25.8 Å². The summed E-state index contributed by atoms with van der Waals surface area (Å²) in [6.45, 7) is 4.06. The third-order valence-corrected chi connectivity index (χ3v) is 6.73. The highest BCUT2D eigenvalue weighted by atomic mass is 35.5. The molecule has 0 spiro atoms. The van der Waals surface area contributed by atoms with Gasteiger partial charge in [-0.05, 0) is 74.8 Å². The second kappa shape index (κ2) is 10.3. The monoisotopic (exact) mass is 449 g/mol. The predicted molar refractivity (Wildman–Crippen MR) is 122 cm³/mol. The minimum atomic E-state index is -3.52. The molecule has 1 aliphatic rings. The molecule has 6 nitrogen and oxygen atoms in total. The lowest BCUT2D eigenvalue weighted by Crippen LogP contribution is -2.30. The number of carbonyl (C=O) groups excluding carboxylic acids is 1. The van der Waals surface area contributed by atoms with E-state index in [9.17, 15) is 13.2 Å². The number of halogens is 1. The maximum Gasteiger partial charge on any atom is 0.251 e. The Labute approximate surface area is 183 Å². The molecule has 8 heteroatoms. The van der Waals surface area contributed by atoms with E-state index in [2.05, 4.69) is 10.2 Å². The Kier molecular flexibility index (Phi) is 7.75. The van der Waals surface area contributed by atoms with Crippen molar-refractivity contribution in [2.24, 2.45) is 0 Å². The number of sulfonamides is 1. The summed E-state index contributed by atoms with van der Waals surface area (Å²) in [5.41, 5.74) is 1.71. The van der Waals surface area contributed by atoms with Crippen molar-refractivity contribution in [1.82, 2.24) is 10.2 Å². The summed E-state index contributed by atoms with van der Waals surface area (Å²) in [4.78, 5) is 14.8. The molecule has 162 valence electrons. The quantitative estimate of drug-likeness (QED) is 0.594. The van der Waals surface area contributed by atoms with Gasteiger partial charge in [-0.25, -0.2) is 8.42 Å². The average molecular weight is 450 g/mol. The maximum absolute atomic E-state index is 12.4. The standard InChI is InChI=1S/C22H28ClN3O3S/c1-30(28,29)26(17-19-7-2-3-8-21(19)23)20-11-9-18(10-12-20)22(27)24-13-6-16-25-14-4-5-15-25/h2-3,7-12H,4-6,13-17H2,1H3,(H,24,27). The highest BCUT2D eigenvalue weighted by Crippen LogP contribution is 2.24. The summed E-state index contributed by atoms with van der Waals surface area (Å²) < 4.78 is 26.0. The summed E-state index contributed by atoms with van der Waals surface area (Å²) in [6.07, 6.45) is 4.60. The molecule has 1 aliphatic heterocycles. The summed E-state index contributed by atoms with van der Waals surface area (Å²) in [6, 6.07) is 13.7. The highest BCUT2D eigenvalue weighted by Gasteiger charge is 2.19. The minimum Gasteiger partial charge on any atom is -0.352 e. The Bertz CT molecular complexity index is 958. The van der Waals surface area contributed by atoms with Crippen molar-refractivity contribution in [2.75, 3.05) is 36.7 Å². The van der Waals surface area contributed by atoms with Crippen LogP contribution in [0.2, 0.25) is 5.02 Å². The van der Waals surface area contributed by atoms with Gasteiger partial charge in [0, 0.05) is 17.1 Å². The van der Waals surface area contributed by atoms with E-state index < -0.39 is 10.0 Å². The molecule has 0 saturated carbocycles. The first kappa shape index (κ1) is 22.6. The van der Waals surface area contributed by atoms with Crippen LogP contribution in [0.5, 0.6) is 0 Å². The van der Waals surface area contributed by atoms with E-state index in [1.165, 1.54) is 17.1 Å². The minimum absolute atomic E-state index is 0.126. The Morgan fingerprint density at radius 2 is 1.77 bits per heavy atom. The van der Waals surface area contributed by atoms with Gasteiger partial charge in [-0.3, -0.25) is 9.10 Å². The third-order valence-electron chi connectivity index (χ3n) is 5.22. The summed E-state index contributed by atoms with van der Waals surface area (Å²) in [7, 11) is -3.52. The number of likely N-dealkylation sites (tertiary alicyclic amines) is 1. The van der Waals surface area contributed by atoms with Crippen molar-refractivity contribution < 1.29 is 13.2 Å². The summed E-state index contributed by atoms with van der Waals surface area (Å²) in [5, 5.41) is 3.44. The van der Waals surface area contributed by atoms with Gasteiger partial charge in [0.05, 0.1) is 18.5 Å². The van der Waals surface area contributed by atoms with Crippen LogP contribution in [0, 0.1) is 0 Å². The van der Waals surface area contributed by atoms with Crippen molar-refractivity contribution in [3.8, 4) is 0 Å². The van der Waals surface area contributed by atoms with Crippen LogP contribution in [0.25, 0.3) is 0 Å². The molecule has 2 aromatic carbocycles. The molecule has 1 N–H and O–H groups in total. The molecule has 2 aromatic rings. The molecule has 30 heavy (non-hydrogen) atoms. The second-order valence-corrected chi connectivity index (χ2v) is 9.88. The number of hydrogen-bond acceptors (Lipinski definition) is 4. The van der Waals surface area contributed by atoms with Crippen molar-refractivity contribution in [1.29, 1.82) is 0 Å². The number of amides is 1. The smallest absolute Gasteiger partial charge is 0.251 e. The van der Waals surface area contributed by atoms with E-state index in [0.717, 1.165) is 32.3 Å². The number of carbonyl (C=O) groups is 1. The number of nitrogens with one attached hydrogen (secondary N) is 1. The first-order valence-electron chi connectivity index (χ1n) is 10.2. The number of hydrogen-bond donors (Lipinski definition) is 1. The van der Waals surface area contributed by atoms with E-state index >= 15 is 0 Å². The molecule has 0 bridgehead atoms. The molecule has 1 amide bonds. The van der Waals surface area contributed by atoms with E-state index in [4.69, 9.17) is 11.6 Å². The maximum atomic E-state index is 12.4. The van der Waals surface area contributed by atoms with Crippen LogP contribution in [-0.2, 0) is 16.6 Å². The number of benzene rings is 2. The molecule has 1 heterocycles. The van der Waals surface area contributed by atoms with Gasteiger partial charge in [0.1, 0.15) is 0 Å². The lowest BCUT2D eigenvalue weighted by molar-refractivity contribution is 0.0952. The number of rotatable bonds is 9. The fraction of sp³-hybridized carbons (Fsp3) is 0.409. The SMILES string of the molecule is CS(=O)(=O)N(Cc1ccccc1Cl)c1ccc(C(=O)NCCCN2CCCC2)cc1. The highest BCUT2D eigenvalue weighted by molar-refractivity contribution is 7.92. The van der Waals surface area contributed by atoms with Gasteiger partial charge < -0.3 is 10.2 Å². The van der Waals surface area contributed by atoms with Crippen molar-refractivity contribution in [3.05, 3.63) is 64.7 Å². The summed E-state index contributed by atoms with van der Waals surface area (Å²) in [5.74, 6) is -0.153. The van der Waals surface area contributed by atoms with E-state index in [1.807, 2.05) is 6.07 Å². The van der Waals surface area contributed by atoms with Gasteiger partial charge in [0.15, 0.2) is 0 Å². The zero-order valence-corrected chi connectivity index (χ0v) is 18.8. The molecule has 1 saturated heterocycles. The first-order valence-corrected chi connectivity index (χ1v) is 12.4. The number of anilines is 1. The Hall–Kier alpha value is -2.09. The van der Waals surface area contributed by atoms with Crippen LogP contribution in [-0.4, -0.2) is 51.7 Å². The third kappa shape index (κ3) is 6.20. The molecule has 0 atom stereocenters. The lowest BCUT2D eigenvalue weighted by Gasteiger charge is -2.23. The van der Waals surface area contributed by atoms with Gasteiger partial charge in [-0.2, -0.15) is 0 Å². The number of nitrogens with zero attached hydrogens (tertiary/aromatic N) is 2. The van der Waals surface area contributed by atoms with Crippen LogP contribution < -0.4 is 9.62 Å². The van der Waals surface area contributed by atoms with Crippen LogP contribution in [0.3, 0.4) is 0 Å². The zero-order valence-electron chi connectivity index (χ0n) is 17.2. The van der Waals surface area contributed by atoms with Crippen LogP contribution >= 0.6 is 11.6 Å². The lowest BCUT2D eigenvalue weighted by atomic mass is 10.1. The molecule has 0 radical (unpaired) electrons. The predicted octanol–water partition coefficient (Wildman–Crippen LogP) is 3.52. The fourth-order valence-corrected chi connectivity index (χ4v) is 4.65. The Morgan fingerprint density at radius 1 is 1.10 bits per heavy atom. The van der Waals surface area contributed by atoms with Gasteiger partial charge in [-0.15, -0.1) is 0 Å². The topological polar surface area (TPSA) is 69.7 Å². The van der Waals surface area contributed by atoms with Crippen LogP contribution in [0.15, 0.2) is 48.5 Å². The van der Waals surface area contributed by atoms with Crippen LogP contribution in [0.4, 0.5) is 5.69 Å². The van der Waals surface area contributed by atoms with Gasteiger partial charge in [0.2, 0.25) is 10.0 Å². The van der Waals surface area contributed by atoms with E-state index in [-0.39, 0.29) is 12.5 Å². The van der Waals surface area contributed by atoms with Crippen LogP contribution in [0.1, 0.15) is 35.2 Å². The molecule has 0 aliphatic carbocycles. The Balaban J connectivity index is 1.61. The van der Waals surface area contributed by atoms with Crippen molar-refractivity contribution in [3.63, 3.8) is 0 Å². The second-order valence-electron chi connectivity index (χ2n) is 7.57. The summed E-state index contributed by atoms with van der Waals surface area (Å²) >= 11 is 6.20. The average Bonchev–Trinajstić information content (AvgIpc) is 3.23. The van der Waals surface area contributed by atoms with Gasteiger partial charge >= 0.3 is 0 Å². The van der Waals surface area contributed by atoms with Gasteiger partial charge in [0.25, 0.3) is 5.91 Å². The first-order chi connectivity index (χ1) is 14.3. The van der Waals surface area contributed by atoms with E-state index in [0.29, 0.717) is 28.4 Å². The molecule has 0 unspecified atom stereocenters. The molecule has 3 rings (SSSR count). The molecule has 1 fully saturated rings. The largest absolute Gasteiger partial charge is 0.352 e. The molecular weight excluding hydrogens is 422 g/mol. The van der Waals surface area contributed by atoms with Gasteiger partial charge in [-0.1, -0.05) is 29.8 Å². The normalized spacial score (nSPS) is 14.6. The molecule has 0 aromatic heterocycles. The molecular formula is C22H28ClN3O3S. The zero-order chi connectivity index (χ0) is 21.6.